The predicted molar refractivity (Wildman–Crippen MR) is 140 cm³/mol. The second-order valence-corrected chi connectivity index (χ2v) is 12.7. The number of aliphatic hydroxyl groups is 2. The van der Waals surface area contributed by atoms with E-state index in [9.17, 15) is 29.2 Å². The van der Waals surface area contributed by atoms with Gasteiger partial charge in [-0.15, -0.1) is 0 Å². The highest BCUT2D eigenvalue weighted by Crippen LogP contribution is 2.50. The van der Waals surface area contributed by atoms with Crippen molar-refractivity contribution in [3.05, 3.63) is 69.0 Å². The molecule has 6 atom stereocenters. The Balaban J connectivity index is 1.81. The van der Waals surface area contributed by atoms with E-state index >= 15 is 4.39 Å². The minimum absolute atomic E-state index is 0.0715. The maximum absolute atomic E-state index is 15.9. The summed E-state index contributed by atoms with van der Waals surface area (Å²) in [4.78, 5) is 38.1. The van der Waals surface area contributed by atoms with Crippen LogP contribution >= 0.6 is 7.75 Å². The maximum Gasteiger partial charge on any atom is 0.406 e. The normalized spacial score (nSPS) is 27.2. The summed E-state index contributed by atoms with van der Waals surface area (Å²) in [6.07, 6.45) is -3.15. The number of hydrogen-bond donors (Lipinski definition) is 4. The van der Waals surface area contributed by atoms with Crippen molar-refractivity contribution in [2.24, 2.45) is 5.41 Å². The number of nitrogens with zero attached hydrogens (tertiary/aromatic N) is 1. The van der Waals surface area contributed by atoms with Gasteiger partial charge in [0, 0.05) is 12.3 Å². The summed E-state index contributed by atoms with van der Waals surface area (Å²) in [6.45, 7) is 6.49. The van der Waals surface area contributed by atoms with Crippen molar-refractivity contribution in [3.8, 4) is 0 Å². The molecule has 0 radical (unpaired) electrons. The Bertz CT molecular complexity index is 1340. The van der Waals surface area contributed by atoms with E-state index in [1.54, 1.807) is 30.3 Å². The van der Waals surface area contributed by atoms with E-state index in [1.165, 1.54) is 6.92 Å². The molecule has 2 unspecified atom stereocenters. The summed E-state index contributed by atoms with van der Waals surface area (Å²) in [5.74, 6) is -3.97. The van der Waals surface area contributed by atoms with Crippen LogP contribution in [-0.2, 0) is 34.5 Å². The fourth-order valence-corrected chi connectivity index (χ4v) is 5.19. The topological polar surface area (TPSA) is 178 Å². The van der Waals surface area contributed by atoms with Gasteiger partial charge in [-0.3, -0.25) is 28.2 Å². The first-order chi connectivity index (χ1) is 18.5. The molecule has 3 rings (SSSR count). The van der Waals surface area contributed by atoms with E-state index in [2.05, 4.69) is 5.09 Å². The number of benzene rings is 1. The molecule has 0 amide bonds. The largest absolute Gasteiger partial charge is 0.464 e. The molecule has 15 heteroatoms. The van der Waals surface area contributed by atoms with Crippen LogP contribution in [-0.4, -0.2) is 62.5 Å². The standard InChI is InChI=1S/C25H35FN3O10P/c1-16(19(31)36-14-23(2,3)4)28-40(35,37-13-17-9-7-6-8-10-17)38-15-25(26)20(32)24(5,34)21(39-25)29-12-11-18(30)27-22(29)33/h6-12,16,20-21,32,34H,13-15H2,1-5H3,(H,28,35)(H,27,30,33)/t16-,20?,21+,24+,25+,40?/m0/s1. The molecule has 0 bridgehead atoms. The van der Waals surface area contributed by atoms with Crippen LogP contribution in [0.1, 0.15) is 46.4 Å². The van der Waals surface area contributed by atoms with Gasteiger partial charge in [0.25, 0.3) is 11.4 Å². The smallest absolute Gasteiger partial charge is 0.406 e. The van der Waals surface area contributed by atoms with E-state index in [0.717, 1.165) is 19.2 Å². The minimum Gasteiger partial charge on any atom is -0.464 e. The second kappa shape index (κ2) is 12.0. The quantitative estimate of drug-likeness (QED) is 0.222. The molecule has 222 valence electrons. The van der Waals surface area contributed by atoms with Crippen LogP contribution < -0.4 is 16.3 Å². The van der Waals surface area contributed by atoms with Gasteiger partial charge >= 0.3 is 19.4 Å². The van der Waals surface area contributed by atoms with E-state index in [0.29, 0.717) is 10.1 Å². The fraction of sp³-hybridized carbons (Fsp3) is 0.560. The van der Waals surface area contributed by atoms with Gasteiger partial charge in [-0.1, -0.05) is 51.1 Å². The molecule has 0 spiro atoms. The van der Waals surface area contributed by atoms with Gasteiger partial charge in [-0.2, -0.15) is 0 Å². The highest BCUT2D eigenvalue weighted by atomic mass is 31.2. The summed E-state index contributed by atoms with van der Waals surface area (Å²) in [6, 6.07) is 8.26. The van der Waals surface area contributed by atoms with Crippen LogP contribution in [0, 0.1) is 5.41 Å². The average molecular weight is 588 g/mol. The molecule has 2 heterocycles. The molecule has 40 heavy (non-hydrogen) atoms. The number of H-pyrrole nitrogens is 1. The number of ether oxygens (including phenoxy) is 2. The zero-order chi connectivity index (χ0) is 29.9. The number of hydrogen-bond acceptors (Lipinski definition) is 10. The summed E-state index contributed by atoms with van der Waals surface area (Å²) < 4.78 is 51.6. The predicted octanol–water partition coefficient (Wildman–Crippen LogP) is 1.75. The van der Waals surface area contributed by atoms with Gasteiger partial charge in [0.1, 0.15) is 24.4 Å². The van der Waals surface area contributed by atoms with E-state index in [1.807, 2.05) is 25.8 Å². The van der Waals surface area contributed by atoms with Crippen LogP contribution in [0.5, 0.6) is 0 Å². The van der Waals surface area contributed by atoms with Gasteiger partial charge < -0.3 is 19.7 Å². The third-order valence-electron chi connectivity index (χ3n) is 5.90. The minimum atomic E-state index is -4.51. The number of halogens is 1. The molecule has 1 fully saturated rings. The number of aliphatic hydroxyl groups excluding tert-OH is 1. The Morgan fingerprint density at radius 1 is 1.25 bits per heavy atom. The first kappa shape index (κ1) is 31.8. The van der Waals surface area contributed by atoms with Gasteiger partial charge in [0.15, 0.2) is 6.23 Å². The van der Waals surface area contributed by atoms with Crippen molar-refractivity contribution in [2.45, 2.75) is 71.1 Å². The Labute approximate surface area is 229 Å². The lowest BCUT2D eigenvalue weighted by Gasteiger charge is -2.29. The summed E-state index contributed by atoms with van der Waals surface area (Å²) in [5, 5.41) is 23.9. The lowest BCUT2D eigenvalue weighted by molar-refractivity contribution is -0.204. The SMILES string of the molecule is C[C@H](NP(=O)(OCc1ccccc1)OC[C@@]1(F)O[C@@H](n2ccc(=O)[nH]c2=O)[C@](C)(O)C1O)C(=O)OCC(C)(C)C. The van der Waals surface area contributed by atoms with Gasteiger partial charge in [0.2, 0.25) is 0 Å². The summed E-state index contributed by atoms with van der Waals surface area (Å²) in [7, 11) is -4.51. The first-order valence-electron chi connectivity index (χ1n) is 12.4. The molecule has 1 aromatic heterocycles. The summed E-state index contributed by atoms with van der Waals surface area (Å²) in [5.41, 5.74) is -3.92. The monoisotopic (exact) mass is 587 g/mol. The van der Waals surface area contributed by atoms with Crippen molar-refractivity contribution in [1.29, 1.82) is 0 Å². The number of aromatic nitrogens is 2. The number of nitrogens with one attached hydrogen (secondary N) is 2. The molecule has 13 nitrogen and oxygen atoms in total. The molecule has 0 aliphatic carbocycles. The highest BCUT2D eigenvalue weighted by Gasteiger charge is 2.63. The number of carbonyl (C=O) groups is 1. The zero-order valence-electron chi connectivity index (χ0n) is 22.8. The second-order valence-electron chi connectivity index (χ2n) is 11.0. The van der Waals surface area contributed by atoms with Gasteiger partial charge in [0.05, 0.1) is 13.2 Å². The third-order valence-corrected chi connectivity index (χ3v) is 7.54. The Hall–Kier alpha value is -2.71. The molecular formula is C25H35FN3O10P. The third kappa shape index (κ3) is 7.72. The average Bonchev–Trinajstić information content (AvgIpc) is 3.05. The molecule has 1 aliphatic rings. The van der Waals surface area contributed by atoms with Crippen molar-refractivity contribution in [1.82, 2.24) is 14.6 Å². The van der Waals surface area contributed by atoms with Crippen LogP contribution in [0.25, 0.3) is 0 Å². The Morgan fingerprint density at radius 3 is 2.50 bits per heavy atom. The van der Waals surface area contributed by atoms with Crippen LogP contribution in [0.15, 0.2) is 52.2 Å². The fourth-order valence-electron chi connectivity index (χ4n) is 3.73. The van der Waals surface area contributed by atoms with Crippen molar-refractivity contribution in [3.63, 3.8) is 0 Å². The van der Waals surface area contributed by atoms with Crippen LogP contribution in [0.2, 0.25) is 0 Å². The Kier molecular flexibility index (Phi) is 9.57. The van der Waals surface area contributed by atoms with Crippen molar-refractivity contribution in [2.75, 3.05) is 13.2 Å². The lowest BCUT2D eigenvalue weighted by Crippen LogP contribution is -2.50. The maximum atomic E-state index is 15.9. The van der Waals surface area contributed by atoms with Gasteiger partial charge in [-0.25, -0.2) is 18.8 Å². The molecule has 2 aromatic rings. The highest BCUT2D eigenvalue weighted by molar-refractivity contribution is 7.51. The number of rotatable bonds is 11. The number of alkyl halides is 1. The van der Waals surface area contributed by atoms with E-state index in [4.69, 9.17) is 18.5 Å². The van der Waals surface area contributed by atoms with Crippen molar-refractivity contribution >= 4 is 13.7 Å². The molecule has 1 saturated heterocycles. The van der Waals surface area contributed by atoms with E-state index in [-0.39, 0.29) is 18.6 Å². The van der Waals surface area contributed by atoms with E-state index < -0.39 is 61.4 Å². The Morgan fingerprint density at radius 2 is 1.90 bits per heavy atom. The van der Waals surface area contributed by atoms with Gasteiger partial charge in [-0.05, 0) is 24.8 Å². The number of esters is 1. The molecule has 0 saturated carbocycles. The first-order valence-corrected chi connectivity index (χ1v) is 14.0. The van der Waals surface area contributed by atoms with Crippen molar-refractivity contribution < 1.29 is 42.5 Å². The number of aromatic amines is 1. The number of carbonyl (C=O) groups excluding carboxylic acids is 1. The molecule has 4 N–H and O–H groups in total. The van der Waals surface area contributed by atoms with Crippen LogP contribution in [0.4, 0.5) is 4.39 Å². The zero-order valence-corrected chi connectivity index (χ0v) is 23.7. The molecule has 1 aromatic carbocycles. The molecular weight excluding hydrogens is 552 g/mol. The lowest BCUT2D eigenvalue weighted by atomic mass is 9.95. The molecule has 1 aliphatic heterocycles. The van der Waals surface area contributed by atoms with Crippen LogP contribution in [0.3, 0.4) is 0 Å². The summed E-state index contributed by atoms with van der Waals surface area (Å²) >= 11 is 0.